The molecular weight excluding hydrogens is 506 g/mol. The van der Waals surface area contributed by atoms with Gasteiger partial charge in [-0.15, -0.1) is 11.3 Å². The Labute approximate surface area is 211 Å². The fourth-order valence-electron chi connectivity index (χ4n) is 4.00. The Morgan fingerprint density at radius 1 is 1.11 bits per heavy atom. The predicted molar refractivity (Wildman–Crippen MR) is 135 cm³/mol. The van der Waals surface area contributed by atoms with Gasteiger partial charge in [0.05, 0.1) is 34.9 Å². The third kappa shape index (κ3) is 3.76. The van der Waals surface area contributed by atoms with Gasteiger partial charge in [-0.1, -0.05) is 17.4 Å². The lowest BCUT2D eigenvalue weighted by Gasteiger charge is -2.21. The molecule has 3 heterocycles. The number of thiophene rings is 1. The smallest absolute Gasteiger partial charge is 0.301 e. The van der Waals surface area contributed by atoms with E-state index >= 15 is 0 Å². The van der Waals surface area contributed by atoms with Gasteiger partial charge in [0.2, 0.25) is 0 Å². The van der Waals surface area contributed by atoms with E-state index in [1.165, 1.54) is 54.7 Å². The molecule has 0 bridgehead atoms. The standard InChI is InChI=1S/C24H17N3O7S2/c1-33-15-8-5-12(10-16(15)34-2)21(28)19-20(17-4-3-9-35-17)26(23(30)22(19)29)24-25-14-7-6-13(27(31)32)11-18(14)36-24/h3-11,20,28H,1-2H3/b21-19+. The number of ketones is 1. The molecule has 10 nitrogen and oxygen atoms in total. The first-order valence-corrected chi connectivity index (χ1v) is 12.2. The van der Waals surface area contributed by atoms with Gasteiger partial charge in [-0.2, -0.15) is 0 Å². The van der Waals surface area contributed by atoms with Crippen LogP contribution in [0.25, 0.3) is 16.0 Å². The maximum Gasteiger partial charge on any atom is 0.301 e. The first-order valence-electron chi connectivity index (χ1n) is 10.5. The van der Waals surface area contributed by atoms with Crippen LogP contribution in [0.3, 0.4) is 0 Å². The SMILES string of the molecule is COc1ccc(/C(O)=C2\C(=O)C(=O)N(c3nc4ccc([N+](=O)[O-])cc4s3)C2c2cccs2)cc1OC. The molecule has 0 aliphatic carbocycles. The van der Waals surface area contributed by atoms with Crippen LogP contribution in [0.4, 0.5) is 10.8 Å². The summed E-state index contributed by atoms with van der Waals surface area (Å²) in [6, 6.07) is 11.5. The molecular formula is C24H17N3O7S2. The molecule has 1 aliphatic rings. The number of carbonyl (C=O) groups excluding carboxylic acids is 2. The van der Waals surface area contributed by atoms with Crippen LogP contribution in [0.1, 0.15) is 16.5 Å². The molecule has 1 aliphatic heterocycles. The van der Waals surface area contributed by atoms with Crippen LogP contribution in [0.15, 0.2) is 59.5 Å². The van der Waals surface area contributed by atoms with Gasteiger partial charge in [-0.25, -0.2) is 4.98 Å². The molecule has 36 heavy (non-hydrogen) atoms. The molecule has 0 spiro atoms. The van der Waals surface area contributed by atoms with E-state index in [0.717, 1.165) is 11.3 Å². The number of rotatable bonds is 6. The Morgan fingerprint density at radius 3 is 2.56 bits per heavy atom. The number of aromatic nitrogens is 1. The fraction of sp³-hybridized carbons (Fsp3) is 0.125. The minimum atomic E-state index is -0.936. The van der Waals surface area contributed by atoms with Crippen molar-refractivity contribution >= 4 is 61.2 Å². The maximum absolute atomic E-state index is 13.3. The monoisotopic (exact) mass is 523 g/mol. The minimum Gasteiger partial charge on any atom is -0.507 e. The highest BCUT2D eigenvalue weighted by Crippen LogP contribution is 2.46. The van der Waals surface area contributed by atoms with E-state index in [2.05, 4.69) is 4.98 Å². The van der Waals surface area contributed by atoms with E-state index in [-0.39, 0.29) is 27.7 Å². The summed E-state index contributed by atoms with van der Waals surface area (Å²) in [7, 11) is 2.93. The number of hydrogen-bond donors (Lipinski definition) is 1. The fourth-order valence-corrected chi connectivity index (χ4v) is 5.85. The number of nitrogens with zero attached hydrogens (tertiary/aromatic N) is 3. The molecule has 1 unspecified atom stereocenters. The van der Waals surface area contributed by atoms with Gasteiger partial charge in [0.1, 0.15) is 11.8 Å². The molecule has 0 saturated carbocycles. The summed E-state index contributed by atoms with van der Waals surface area (Å²) < 4.78 is 11.0. The summed E-state index contributed by atoms with van der Waals surface area (Å²) in [5, 5.41) is 24.4. The quantitative estimate of drug-likeness (QED) is 0.124. The van der Waals surface area contributed by atoms with Gasteiger partial charge in [-0.3, -0.25) is 24.6 Å². The van der Waals surface area contributed by atoms with Crippen LogP contribution in [0.5, 0.6) is 11.5 Å². The second-order valence-corrected chi connectivity index (χ2v) is 9.65. The van der Waals surface area contributed by atoms with E-state index in [9.17, 15) is 24.8 Å². The number of hydrogen-bond acceptors (Lipinski definition) is 10. The van der Waals surface area contributed by atoms with Gasteiger partial charge in [0, 0.05) is 22.6 Å². The van der Waals surface area contributed by atoms with Gasteiger partial charge in [0.25, 0.3) is 11.5 Å². The Bertz CT molecular complexity index is 1560. The molecule has 2 aromatic carbocycles. The van der Waals surface area contributed by atoms with Crippen molar-refractivity contribution in [2.24, 2.45) is 0 Å². The van der Waals surface area contributed by atoms with E-state index in [1.54, 1.807) is 29.6 Å². The molecule has 0 radical (unpaired) electrons. The number of nitro groups is 1. The second kappa shape index (κ2) is 9.06. The van der Waals surface area contributed by atoms with Crippen molar-refractivity contribution in [3.8, 4) is 11.5 Å². The van der Waals surface area contributed by atoms with Crippen LogP contribution >= 0.6 is 22.7 Å². The first kappa shape index (κ1) is 23.5. The van der Waals surface area contributed by atoms with Gasteiger partial charge < -0.3 is 14.6 Å². The van der Waals surface area contributed by atoms with Gasteiger partial charge in [0.15, 0.2) is 16.6 Å². The summed E-state index contributed by atoms with van der Waals surface area (Å²) in [6.07, 6.45) is 0. The first-order chi connectivity index (χ1) is 17.3. The Hall–Kier alpha value is -4.29. The average Bonchev–Trinajstić information content (AvgIpc) is 3.61. The number of amides is 1. The molecule has 182 valence electrons. The van der Waals surface area contributed by atoms with Crippen LogP contribution in [-0.4, -0.2) is 40.9 Å². The summed E-state index contributed by atoms with van der Waals surface area (Å²) in [5.41, 5.74) is 0.516. The number of non-ortho nitro benzene ring substituents is 1. The van der Waals surface area contributed by atoms with E-state index in [1.807, 2.05) is 0 Å². The van der Waals surface area contributed by atoms with Crippen molar-refractivity contribution in [1.82, 2.24) is 4.98 Å². The van der Waals surface area contributed by atoms with Crippen molar-refractivity contribution in [2.45, 2.75) is 6.04 Å². The highest BCUT2D eigenvalue weighted by molar-refractivity contribution is 7.22. The maximum atomic E-state index is 13.3. The topological polar surface area (TPSA) is 132 Å². The number of ether oxygens (including phenoxy) is 2. The van der Waals surface area contributed by atoms with E-state index in [4.69, 9.17) is 9.47 Å². The normalized spacial score (nSPS) is 17.1. The lowest BCUT2D eigenvalue weighted by atomic mass is 9.99. The number of thiazole rings is 1. The molecule has 1 atom stereocenters. The van der Waals surface area contributed by atoms with E-state index in [0.29, 0.717) is 26.6 Å². The number of methoxy groups -OCH3 is 2. The molecule has 2 aromatic heterocycles. The van der Waals surface area contributed by atoms with Crippen LogP contribution < -0.4 is 14.4 Å². The summed E-state index contributed by atoms with van der Waals surface area (Å²) in [6.45, 7) is 0. The molecule has 4 aromatic rings. The van der Waals surface area contributed by atoms with Gasteiger partial charge >= 0.3 is 5.91 Å². The molecule has 1 fully saturated rings. The highest BCUT2D eigenvalue weighted by atomic mass is 32.1. The van der Waals surface area contributed by atoms with Crippen LogP contribution in [-0.2, 0) is 9.59 Å². The largest absolute Gasteiger partial charge is 0.507 e. The Kier molecular flexibility index (Phi) is 5.90. The average molecular weight is 524 g/mol. The lowest BCUT2D eigenvalue weighted by Crippen LogP contribution is -2.28. The highest BCUT2D eigenvalue weighted by Gasteiger charge is 2.48. The third-order valence-electron chi connectivity index (χ3n) is 5.69. The molecule has 1 amide bonds. The van der Waals surface area contributed by atoms with Crippen molar-refractivity contribution < 1.29 is 29.1 Å². The minimum absolute atomic E-state index is 0.0973. The number of benzene rings is 2. The summed E-state index contributed by atoms with van der Waals surface area (Å²) in [5.74, 6) is -1.31. The van der Waals surface area contributed by atoms with Crippen molar-refractivity contribution in [2.75, 3.05) is 19.1 Å². The van der Waals surface area contributed by atoms with Gasteiger partial charge in [-0.05, 0) is 35.7 Å². The number of anilines is 1. The zero-order chi connectivity index (χ0) is 25.6. The number of Topliss-reactive ketones (excluding diaryl/α,β-unsaturated/α-hetero) is 1. The second-order valence-electron chi connectivity index (χ2n) is 7.66. The Balaban J connectivity index is 1.68. The number of fused-ring (bicyclic) bond motifs is 1. The van der Waals surface area contributed by atoms with Crippen molar-refractivity contribution in [3.63, 3.8) is 0 Å². The summed E-state index contributed by atoms with van der Waals surface area (Å²) in [4.78, 5) is 43.6. The molecule has 1 saturated heterocycles. The number of carbonyl (C=O) groups is 2. The zero-order valence-electron chi connectivity index (χ0n) is 18.8. The van der Waals surface area contributed by atoms with E-state index < -0.39 is 22.7 Å². The van der Waals surface area contributed by atoms with Crippen molar-refractivity contribution in [3.05, 3.63) is 80.0 Å². The number of nitro benzene ring substituents is 1. The summed E-state index contributed by atoms with van der Waals surface area (Å²) >= 11 is 2.37. The number of aliphatic hydroxyl groups excluding tert-OH is 1. The molecule has 12 heteroatoms. The van der Waals surface area contributed by atoms with Crippen LogP contribution in [0.2, 0.25) is 0 Å². The number of aliphatic hydroxyl groups is 1. The predicted octanol–water partition coefficient (Wildman–Crippen LogP) is 4.91. The van der Waals surface area contributed by atoms with Crippen molar-refractivity contribution in [1.29, 1.82) is 0 Å². The molecule has 5 rings (SSSR count). The Morgan fingerprint density at radius 2 is 1.89 bits per heavy atom. The molecule has 1 N–H and O–H groups in total. The lowest BCUT2D eigenvalue weighted by molar-refractivity contribution is -0.384. The third-order valence-corrected chi connectivity index (χ3v) is 7.63. The zero-order valence-corrected chi connectivity index (χ0v) is 20.5. The van der Waals surface area contributed by atoms with Crippen LogP contribution in [0, 0.1) is 10.1 Å².